The molecule has 1 heterocycles. The molecular formula is C17H25N5O3S2. The van der Waals surface area contributed by atoms with Crippen LogP contribution in [0.1, 0.15) is 33.7 Å². The third kappa shape index (κ3) is 5.30. The van der Waals surface area contributed by atoms with Crippen LogP contribution in [0, 0.1) is 0 Å². The molecule has 2 aromatic rings. The fraction of sp³-hybridized carbons (Fsp3) is 0.471. The number of carbonyl (C=O) groups is 1. The van der Waals surface area contributed by atoms with Crippen molar-refractivity contribution in [1.82, 2.24) is 19.1 Å². The van der Waals surface area contributed by atoms with Crippen LogP contribution in [0.4, 0.5) is 5.69 Å². The minimum absolute atomic E-state index is 0.185. The summed E-state index contributed by atoms with van der Waals surface area (Å²) in [7, 11) is -3.50. The van der Waals surface area contributed by atoms with Gasteiger partial charge >= 0.3 is 0 Å². The molecule has 148 valence electrons. The molecule has 0 spiro atoms. The Hall–Kier alpha value is -1.91. The summed E-state index contributed by atoms with van der Waals surface area (Å²) >= 11 is 1.30. The Morgan fingerprint density at radius 3 is 2.41 bits per heavy atom. The quantitative estimate of drug-likeness (QED) is 0.637. The van der Waals surface area contributed by atoms with Gasteiger partial charge in [-0.2, -0.15) is 4.31 Å². The molecule has 0 aliphatic rings. The molecule has 0 aliphatic carbocycles. The van der Waals surface area contributed by atoms with Gasteiger partial charge in [0.1, 0.15) is 6.33 Å². The van der Waals surface area contributed by atoms with Crippen molar-refractivity contribution in [3.05, 3.63) is 30.6 Å². The number of hydrogen-bond donors (Lipinski definition) is 1. The average molecular weight is 412 g/mol. The second-order valence-electron chi connectivity index (χ2n) is 6.07. The summed E-state index contributed by atoms with van der Waals surface area (Å²) in [6.07, 6.45) is 1.64. The topological polar surface area (TPSA) is 97.2 Å². The molecule has 1 N–H and O–H groups in total. The van der Waals surface area contributed by atoms with Crippen LogP contribution < -0.4 is 5.32 Å². The van der Waals surface area contributed by atoms with Gasteiger partial charge in [0.2, 0.25) is 15.9 Å². The molecule has 0 fully saturated rings. The Labute approximate surface area is 164 Å². The van der Waals surface area contributed by atoms with Gasteiger partial charge in [-0.25, -0.2) is 8.42 Å². The number of carbonyl (C=O) groups excluding carboxylic acids is 1. The lowest BCUT2D eigenvalue weighted by atomic mass is 10.3. The van der Waals surface area contributed by atoms with Crippen LogP contribution in [0.5, 0.6) is 0 Å². The lowest BCUT2D eigenvalue weighted by Crippen LogP contribution is -2.30. The van der Waals surface area contributed by atoms with E-state index >= 15 is 0 Å². The molecule has 0 unspecified atom stereocenters. The number of anilines is 1. The number of nitrogens with zero attached hydrogens (tertiary/aromatic N) is 4. The number of nitrogens with one attached hydrogen (secondary N) is 1. The van der Waals surface area contributed by atoms with Gasteiger partial charge in [-0.05, 0) is 38.1 Å². The van der Waals surface area contributed by atoms with Crippen molar-refractivity contribution < 1.29 is 13.2 Å². The van der Waals surface area contributed by atoms with Crippen LogP contribution in [0.3, 0.4) is 0 Å². The minimum atomic E-state index is -3.50. The van der Waals surface area contributed by atoms with E-state index in [9.17, 15) is 13.2 Å². The molecule has 1 amide bonds. The first-order valence-corrected chi connectivity index (χ1v) is 11.1. The van der Waals surface area contributed by atoms with Gasteiger partial charge in [0, 0.05) is 24.8 Å². The Morgan fingerprint density at radius 1 is 1.22 bits per heavy atom. The van der Waals surface area contributed by atoms with Gasteiger partial charge in [0.25, 0.3) is 0 Å². The number of benzene rings is 1. The highest BCUT2D eigenvalue weighted by Gasteiger charge is 2.21. The largest absolute Gasteiger partial charge is 0.325 e. The third-order valence-electron chi connectivity index (χ3n) is 3.91. The van der Waals surface area contributed by atoms with Crippen molar-refractivity contribution in [1.29, 1.82) is 0 Å². The highest BCUT2D eigenvalue weighted by molar-refractivity contribution is 7.99. The molecule has 8 nitrogen and oxygen atoms in total. The van der Waals surface area contributed by atoms with Gasteiger partial charge in [-0.15, -0.1) is 10.2 Å². The van der Waals surface area contributed by atoms with Gasteiger partial charge in [-0.3, -0.25) is 4.79 Å². The summed E-state index contributed by atoms with van der Waals surface area (Å²) in [5, 5.41) is 11.3. The van der Waals surface area contributed by atoms with Gasteiger partial charge in [0.05, 0.1) is 10.6 Å². The van der Waals surface area contributed by atoms with Crippen LogP contribution in [-0.4, -0.2) is 52.2 Å². The predicted molar refractivity (Wildman–Crippen MR) is 106 cm³/mol. The summed E-state index contributed by atoms with van der Waals surface area (Å²) in [5.41, 5.74) is 0.546. The summed E-state index contributed by atoms with van der Waals surface area (Å²) in [5.74, 6) is -0.0112. The lowest BCUT2D eigenvalue weighted by Gasteiger charge is -2.18. The first kappa shape index (κ1) is 21.4. The third-order valence-corrected chi connectivity index (χ3v) is 6.93. The molecule has 1 aromatic carbocycles. The molecule has 0 bridgehead atoms. The monoisotopic (exact) mass is 411 g/mol. The minimum Gasteiger partial charge on any atom is -0.325 e. The molecule has 0 saturated heterocycles. The number of hydrogen-bond acceptors (Lipinski definition) is 6. The van der Waals surface area contributed by atoms with E-state index < -0.39 is 10.0 Å². The summed E-state index contributed by atoms with van der Waals surface area (Å²) < 4.78 is 28.2. The van der Waals surface area contributed by atoms with E-state index in [2.05, 4.69) is 15.5 Å². The average Bonchev–Trinajstić information content (AvgIpc) is 3.10. The second-order valence-corrected chi connectivity index (χ2v) is 8.95. The summed E-state index contributed by atoms with van der Waals surface area (Å²) in [6.45, 7) is 8.45. The van der Waals surface area contributed by atoms with Crippen LogP contribution in [0.2, 0.25) is 0 Å². The van der Waals surface area contributed by atoms with Gasteiger partial charge < -0.3 is 9.88 Å². The summed E-state index contributed by atoms with van der Waals surface area (Å²) in [4.78, 5) is 12.4. The number of amides is 1. The van der Waals surface area contributed by atoms with E-state index in [1.807, 2.05) is 18.4 Å². The first-order chi connectivity index (χ1) is 12.8. The zero-order chi connectivity index (χ0) is 20.0. The van der Waals surface area contributed by atoms with Crippen molar-refractivity contribution in [2.75, 3.05) is 24.2 Å². The maximum absolute atomic E-state index is 12.5. The SMILES string of the molecule is CCN(CC)S(=O)(=O)c1ccc(NC(=O)CSc2nncn2C(C)C)cc1. The van der Waals surface area contributed by atoms with E-state index in [-0.39, 0.29) is 22.6 Å². The molecule has 0 aliphatic heterocycles. The molecule has 0 saturated carbocycles. The fourth-order valence-corrected chi connectivity index (χ4v) is 4.74. The highest BCUT2D eigenvalue weighted by atomic mass is 32.2. The highest BCUT2D eigenvalue weighted by Crippen LogP contribution is 2.20. The van der Waals surface area contributed by atoms with Crippen molar-refractivity contribution in [3.63, 3.8) is 0 Å². The van der Waals surface area contributed by atoms with Gasteiger partial charge in [0.15, 0.2) is 5.16 Å². The normalized spacial score (nSPS) is 11.9. The smallest absolute Gasteiger partial charge is 0.243 e. The molecule has 0 radical (unpaired) electrons. The molecule has 0 atom stereocenters. The standard InChI is InChI=1S/C17H25N5O3S2/c1-5-21(6-2)27(24,25)15-9-7-14(8-10-15)19-16(23)11-26-17-20-18-12-22(17)13(3)4/h7-10,12-13H,5-6,11H2,1-4H3,(H,19,23). The number of rotatable bonds is 9. The summed E-state index contributed by atoms with van der Waals surface area (Å²) in [6, 6.07) is 6.41. The zero-order valence-corrected chi connectivity index (χ0v) is 17.5. The van der Waals surface area contributed by atoms with Crippen LogP contribution >= 0.6 is 11.8 Å². The van der Waals surface area contributed by atoms with E-state index in [0.717, 1.165) is 0 Å². The predicted octanol–water partition coefficient (Wildman–Crippen LogP) is 2.62. The Bertz CT molecular complexity index is 859. The molecule has 27 heavy (non-hydrogen) atoms. The van der Waals surface area contributed by atoms with Crippen molar-refractivity contribution in [3.8, 4) is 0 Å². The van der Waals surface area contributed by atoms with E-state index in [1.165, 1.54) is 28.2 Å². The Morgan fingerprint density at radius 2 is 1.85 bits per heavy atom. The zero-order valence-electron chi connectivity index (χ0n) is 15.9. The van der Waals surface area contributed by atoms with E-state index in [0.29, 0.717) is 23.9 Å². The molecular weight excluding hydrogens is 386 g/mol. The first-order valence-electron chi connectivity index (χ1n) is 8.72. The molecule has 2 rings (SSSR count). The van der Waals surface area contributed by atoms with E-state index in [1.54, 1.807) is 32.3 Å². The molecule has 1 aromatic heterocycles. The number of sulfonamides is 1. The fourth-order valence-electron chi connectivity index (χ4n) is 2.44. The van der Waals surface area contributed by atoms with Crippen molar-refractivity contribution >= 4 is 33.4 Å². The van der Waals surface area contributed by atoms with Crippen molar-refractivity contribution in [2.45, 2.75) is 43.8 Å². The van der Waals surface area contributed by atoms with Crippen LogP contribution in [0.15, 0.2) is 40.6 Å². The Balaban J connectivity index is 1.98. The maximum atomic E-state index is 12.5. The van der Waals surface area contributed by atoms with Crippen LogP contribution in [-0.2, 0) is 14.8 Å². The molecule has 10 heteroatoms. The number of thioether (sulfide) groups is 1. The Kier molecular flexibility index (Phi) is 7.40. The van der Waals surface area contributed by atoms with Gasteiger partial charge in [-0.1, -0.05) is 25.6 Å². The maximum Gasteiger partial charge on any atom is 0.243 e. The number of aromatic nitrogens is 3. The van der Waals surface area contributed by atoms with E-state index in [4.69, 9.17) is 0 Å². The lowest BCUT2D eigenvalue weighted by molar-refractivity contribution is -0.113. The van der Waals surface area contributed by atoms with Crippen molar-refractivity contribution in [2.24, 2.45) is 0 Å². The van der Waals surface area contributed by atoms with Crippen LogP contribution in [0.25, 0.3) is 0 Å². The second kappa shape index (κ2) is 9.34.